The second-order valence-corrected chi connectivity index (χ2v) is 2.90. The number of carboxylic acids is 1. The summed E-state index contributed by atoms with van der Waals surface area (Å²) in [6.07, 6.45) is 1.31. The maximum absolute atomic E-state index is 10.2. The lowest BCUT2D eigenvalue weighted by atomic mass is 10.3. The quantitative estimate of drug-likeness (QED) is 0.583. The highest BCUT2D eigenvalue weighted by atomic mass is 35.5. The van der Waals surface area contributed by atoms with Crippen LogP contribution in [0.3, 0.4) is 0 Å². The molecular formula is C7H11ClN2O2. The summed E-state index contributed by atoms with van der Waals surface area (Å²) in [6, 6.07) is 0.167. The molecule has 0 unspecified atom stereocenters. The fourth-order valence-electron chi connectivity index (χ4n) is 0.414. The number of carbonyl (C=O) groups is 1. The van der Waals surface area contributed by atoms with Crippen LogP contribution in [0.25, 0.3) is 0 Å². The standard InChI is InChI=1S/C7H11ClN2O2/c1-4(2)10-3-5(8)6(9)7(11)12/h3-4,9-10H,1-2H3,(H,11,12)/b5-3+,9-6?. The first-order chi connectivity index (χ1) is 5.45. The van der Waals surface area contributed by atoms with E-state index in [9.17, 15) is 4.79 Å². The van der Waals surface area contributed by atoms with Crippen LogP contribution in [-0.4, -0.2) is 22.8 Å². The van der Waals surface area contributed by atoms with Crippen LogP contribution in [0.2, 0.25) is 0 Å². The molecule has 0 aliphatic rings. The van der Waals surface area contributed by atoms with Crippen LogP contribution < -0.4 is 5.32 Å². The fraction of sp³-hybridized carbons (Fsp3) is 0.429. The first kappa shape index (κ1) is 11.0. The van der Waals surface area contributed by atoms with Crippen LogP contribution in [0.4, 0.5) is 0 Å². The summed E-state index contributed by atoms with van der Waals surface area (Å²) in [5.41, 5.74) is -0.607. The van der Waals surface area contributed by atoms with E-state index in [4.69, 9.17) is 22.1 Å². The van der Waals surface area contributed by atoms with Gasteiger partial charge in [-0.05, 0) is 13.8 Å². The predicted octanol–water partition coefficient (Wildman–Crippen LogP) is 1.17. The molecule has 0 rings (SSSR count). The highest BCUT2D eigenvalue weighted by molar-refractivity contribution is 6.56. The van der Waals surface area contributed by atoms with Crippen molar-refractivity contribution in [3.05, 3.63) is 11.2 Å². The minimum Gasteiger partial charge on any atom is -0.476 e. The van der Waals surface area contributed by atoms with Gasteiger partial charge >= 0.3 is 5.97 Å². The molecule has 0 aromatic heterocycles. The zero-order valence-electron chi connectivity index (χ0n) is 6.89. The van der Waals surface area contributed by atoms with Gasteiger partial charge in [-0.1, -0.05) is 11.6 Å². The Kier molecular flexibility index (Phi) is 4.36. The van der Waals surface area contributed by atoms with E-state index in [1.807, 2.05) is 13.8 Å². The topological polar surface area (TPSA) is 73.2 Å². The van der Waals surface area contributed by atoms with E-state index in [1.165, 1.54) is 6.20 Å². The van der Waals surface area contributed by atoms with Crippen LogP contribution >= 0.6 is 11.6 Å². The van der Waals surface area contributed by atoms with Crippen molar-refractivity contribution in [3.63, 3.8) is 0 Å². The maximum Gasteiger partial charge on any atom is 0.355 e. The number of hydrogen-bond acceptors (Lipinski definition) is 3. The van der Waals surface area contributed by atoms with Gasteiger partial charge < -0.3 is 10.4 Å². The summed E-state index contributed by atoms with van der Waals surface area (Å²) in [4.78, 5) is 10.2. The van der Waals surface area contributed by atoms with Crippen LogP contribution in [0, 0.1) is 5.41 Å². The molecule has 0 heterocycles. The van der Waals surface area contributed by atoms with Crippen molar-refractivity contribution in [1.29, 1.82) is 5.41 Å². The number of halogens is 1. The van der Waals surface area contributed by atoms with Crippen molar-refractivity contribution in [2.75, 3.05) is 0 Å². The minimum absolute atomic E-state index is 0.101. The van der Waals surface area contributed by atoms with E-state index >= 15 is 0 Å². The average Bonchev–Trinajstić information content (AvgIpc) is 1.98. The highest BCUT2D eigenvalue weighted by Gasteiger charge is 2.10. The number of hydrogen-bond donors (Lipinski definition) is 3. The molecule has 0 fully saturated rings. The molecule has 68 valence electrons. The molecular weight excluding hydrogens is 180 g/mol. The Morgan fingerprint density at radius 3 is 2.50 bits per heavy atom. The lowest BCUT2D eigenvalue weighted by molar-refractivity contribution is -0.129. The van der Waals surface area contributed by atoms with E-state index in [0.717, 1.165) is 0 Å². The molecule has 0 bridgehead atoms. The number of nitrogens with one attached hydrogen (secondary N) is 2. The van der Waals surface area contributed by atoms with Gasteiger partial charge in [0.25, 0.3) is 0 Å². The molecule has 0 saturated heterocycles. The van der Waals surface area contributed by atoms with Gasteiger partial charge in [0.15, 0.2) is 5.71 Å². The SMILES string of the molecule is CC(C)N/C=C(/Cl)C(=N)C(=O)O. The highest BCUT2D eigenvalue weighted by Crippen LogP contribution is 2.01. The van der Waals surface area contributed by atoms with E-state index in [-0.39, 0.29) is 11.1 Å². The monoisotopic (exact) mass is 190 g/mol. The summed E-state index contributed by atoms with van der Waals surface area (Å²) in [5, 5.41) is 18.0. The molecule has 0 radical (unpaired) electrons. The van der Waals surface area contributed by atoms with Crippen LogP contribution in [-0.2, 0) is 4.79 Å². The Morgan fingerprint density at radius 1 is 1.67 bits per heavy atom. The maximum atomic E-state index is 10.2. The summed E-state index contributed by atoms with van der Waals surface area (Å²) < 4.78 is 0. The largest absolute Gasteiger partial charge is 0.476 e. The van der Waals surface area contributed by atoms with Gasteiger partial charge in [-0.25, -0.2) is 4.79 Å². The molecule has 5 heteroatoms. The van der Waals surface area contributed by atoms with Crippen molar-refractivity contribution in [1.82, 2.24) is 5.32 Å². The van der Waals surface area contributed by atoms with E-state index in [2.05, 4.69) is 5.32 Å². The normalized spacial score (nSPS) is 11.5. The van der Waals surface area contributed by atoms with Gasteiger partial charge in [0, 0.05) is 12.2 Å². The van der Waals surface area contributed by atoms with Crippen molar-refractivity contribution < 1.29 is 9.90 Å². The molecule has 0 aliphatic heterocycles. The smallest absolute Gasteiger partial charge is 0.355 e. The third-order valence-electron chi connectivity index (χ3n) is 0.996. The Bertz CT molecular complexity index is 223. The molecule has 0 atom stereocenters. The summed E-state index contributed by atoms with van der Waals surface area (Å²) in [5.74, 6) is -1.33. The van der Waals surface area contributed by atoms with Crippen molar-refractivity contribution >= 4 is 23.3 Å². The van der Waals surface area contributed by atoms with Gasteiger partial charge in [-0.15, -0.1) is 0 Å². The minimum atomic E-state index is -1.33. The second-order valence-electron chi connectivity index (χ2n) is 2.49. The summed E-state index contributed by atoms with van der Waals surface area (Å²) in [6.45, 7) is 3.76. The van der Waals surface area contributed by atoms with E-state index < -0.39 is 11.7 Å². The molecule has 12 heavy (non-hydrogen) atoms. The zero-order chi connectivity index (χ0) is 9.72. The number of rotatable bonds is 4. The van der Waals surface area contributed by atoms with Gasteiger partial charge in [0.05, 0.1) is 5.03 Å². The van der Waals surface area contributed by atoms with Gasteiger partial charge in [0.2, 0.25) is 0 Å². The summed E-state index contributed by atoms with van der Waals surface area (Å²) >= 11 is 5.46. The van der Waals surface area contributed by atoms with E-state index in [1.54, 1.807) is 0 Å². The molecule has 4 nitrogen and oxygen atoms in total. The molecule has 0 amide bonds. The first-order valence-electron chi connectivity index (χ1n) is 3.39. The third kappa shape index (κ3) is 3.98. The van der Waals surface area contributed by atoms with Crippen LogP contribution in [0.5, 0.6) is 0 Å². The molecule has 3 N–H and O–H groups in total. The van der Waals surface area contributed by atoms with Crippen LogP contribution in [0.15, 0.2) is 11.2 Å². The second kappa shape index (κ2) is 4.77. The first-order valence-corrected chi connectivity index (χ1v) is 3.77. The number of aliphatic carboxylic acids is 1. The third-order valence-corrected chi connectivity index (χ3v) is 1.29. The van der Waals surface area contributed by atoms with Crippen molar-refractivity contribution in [3.8, 4) is 0 Å². The van der Waals surface area contributed by atoms with Gasteiger partial charge in [0.1, 0.15) is 0 Å². The molecule has 0 aliphatic carbocycles. The van der Waals surface area contributed by atoms with Crippen molar-refractivity contribution in [2.24, 2.45) is 0 Å². The lowest BCUT2D eigenvalue weighted by Crippen LogP contribution is -2.19. The van der Waals surface area contributed by atoms with E-state index in [0.29, 0.717) is 0 Å². The van der Waals surface area contributed by atoms with Crippen LogP contribution in [0.1, 0.15) is 13.8 Å². The fourth-order valence-corrected chi connectivity index (χ4v) is 0.558. The Hall–Kier alpha value is -1.03. The Balaban J connectivity index is 4.18. The summed E-state index contributed by atoms with van der Waals surface area (Å²) in [7, 11) is 0. The molecule has 0 aromatic rings. The predicted molar refractivity (Wildman–Crippen MR) is 47.6 cm³/mol. The van der Waals surface area contributed by atoms with Crippen molar-refractivity contribution in [2.45, 2.75) is 19.9 Å². The molecule has 0 saturated carbocycles. The lowest BCUT2D eigenvalue weighted by Gasteiger charge is -2.04. The number of carboxylic acid groups (broad SMARTS) is 1. The Morgan fingerprint density at radius 2 is 2.17 bits per heavy atom. The van der Waals surface area contributed by atoms with Gasteiger partial charge in [-0.2, -0.15) is 0 Å². The zero-order valence-corrected chi connectivity index (χ0v) is 7.64. The molecule has 0 aromatic carbocycles. The Labute approximate surface area is 75.7 Å². The average molecular weight is 191 g/mol. The van der Waals surface area contributed by atoms with Gasteiger partial charge in [-0.3, -0.25) is 5.41 Å². The molecule has 0 spiro atoms.